The molecule has 6 atom stereocenters. The van der Waals surface area contributed by atoms with Gasteiger partial charge < -0.3 is 45.1 Å². The lowest BCUT2D eigenvalue weighted by Crippen LogP contribution is -2.57. The number of phenols is 2. The third-order valence-electron chi connectivity index (χ3n) is 10.3. The number of ether oxygens (including phenoxy) is 4. The van der Waals surface area contributed by atoms with E-state index < -0.39 is 120 Å². The minimum Gasteiger partial charge on any atom is -0.507 e. The molecule has 3 aromatic carbocycles. The van der Waals surface area contributed by atoms with Crippen molar-refractivity contribution in [2.75, 3.05) is 20.3 Å². The van der Waals surface area contributed by atoms with Crippen molar-refractivity contribution in [1.82, 2.24) is 4.90 Å². The van der Waals surface area contributed by atoms with E-state index in [0.29, 0.717) is 0 Å². The van der Waals surface area contributed by atoms with E-state index >= 15 is 0 Å². The van der Waals surface area contributed by atoms with Gasteiger partial charge in [-0.25, -0.2) is 0 Å². The third-order valence-corrected chi connectivity index (χ3v) is 10.3. The largest absolute Gasteiger partial charge is 0.507 e. The molecule has 2 amide bonds. The van der Waals surface area contributed by atoms with Gasteiger partial charge in [0.05, 0.1) is 59.7 Å². The van der Waals surface area contributed by atoms with Gasteiger partial charge in [0.15, 0.2) is 18.7 Å². The number of nitrogens with zero attached hydrogens (tertiary/aromatic N) is 1. The number of ketones is 3. The number of rotatable bonds is 8. The summed E-state index contributed by atoms with van der Waals surface area (Å²) in [5.41, 5.74) is 1.13. The SMILES string of the molecule is COc1cccc2c1C(=O)c1c(O)c3c(c(O)c1C2=O)C[C@@](O)(C(=O)COC(=O)CN)C[C@@H]3O[C@H]1C[C@H](N2C(=O)c3ccccc3C2=O)[C@H](O)[C@H](C)O1. The highest BCUT2D eigenvalue weighted by molar-refractivity contribution is 6.31. The third kappa shape index (κ3) is 5.57. The lowest BCUT2D eigenvalue weighted by Gasteiger charge is -2.44. The fourth-order valence-electron chi connectivity index (χ4n) is 7.65. The molecule has 276 valence electrons. The molecule has 3 aromatic rings. The summed E-state index contributed by atoms with van der Waals surface area (Å²) >= 11 is 0. The first-order valence-corrected chi connectivity index (χ1v) is 16.7. The van der Waals surface area contributed by atoms with Crippen LogP contribution >= 0.6 is 0 Å². The molecule has 0 bridgehead atoms. The number of aliphatic hydroxyl groups excluding tert-OH is 1. The number of amides is 2. The average molecular weight is 731 g/mol. The molecule has 16 nitrogen and oxygen atoms in total. The van der Waals surface area contributed by atoms with Crippen LogP contribution in [-0.2, 0) is 30.2 Å². The van der Waals surface area contributed by atoms with Crippen LogP contribution in [0.15, 0.2) is 42.5 Å². The molecule has 16 heteroatoms. The van der Waals surface area contributed by atoms with E-state index in [0.717, 1.165) is 4.90 Å². The lowest BCUT2D eigenvalue weighted by molar-refractivity contribution is -0.254. The molecule has 7 rings (SSSR count). The van der Waals surface area contributed by atoms with E-state index in [1.807, 2.05) is 0 Å². The predicted octanol–water partition coefficient (Wildman–Crippen LogP) is 0.848. The van der Waals surface area contributed by atoms with E-state index in [1.165, 1.54) is 44.4 Å². The number of hydrogen-bond acceptors (Lipinski definition) is 15. The van der Waals surface area contributed by atoms with Crippen LogP contribution in [0.25, 0.3) is 0 Å². The quantitative estimate of drug-likeness (QED) is 0.0958. The van der Waals surface area contributed by atoms with Gasteiger partial charge in [0.25, 0.3) is 11.8 Å². The number of fused-ring (bicyclic) bond motifs is 4. The highest BCUT2D eigenvalue weighted by Gasteiger charge is 2.52. The van der Waals surface area contributed by atoms with Crippen molar-refractivity contribution in [2.45, 2.75) is 62.4 Å². The number of carbonyl (C=O) groups is 6. The summed E-state index contributed by atoms with van der Waals surface area (Å²) < 4.78 is 22.4. The molecule has 0 saturated carbocycles. The first-order chi connectivity index (χ1) is 25.2. The number of Topliss-reactive ketones (excluding diaryl/α,β-unsaturated/α-hetero) is 1. The Labute approximate surface area is 300 Å². The first-order valence-electron chi connectivity index (χ1n) is 16.7. The number of phenolic OH excluding ortho intramolecular Hbond substituents is 2. The van der Waals surface area contributed by atoms with Crippen LogP contribution in [0.4, 0.5) is 0 Å². The van der Waals surface area contributed by atoms with Crippen LogP contribution in [0, 0.1) is 0 Å². The Bertz CT molecular complexity index is 2100. The molecule has 53 heavy (non-hydrogen) atoms. The fraction of sp³-hybridized carbons (Fsp3) is 0.351. The van der Waals surface area contributed by atoms with E-state index in [4.69, 9.17) is 24.7 Å². The Hall–Kier alpha value is -5.52. The van der Waals surface area contributed by atoms with Crippen molar-refractivity contribution >= 4 is 35.1 Å². The van der Waals surface area contributed by atoms with E-state index in [-0.39, 0.29) is 45.6 Å². The van der Waals surface area contributed by atoms with Gasteiger partial charge in [-0.2, -0.15) is 0 Å². The minimum atomic E-state index is -2.45. The summed E-state index contributed by atoms with van der Waals surface area (Å²) in [6.07, 6.45) is -7.05. The second kappa shape index (κ2) is 13.2. The van der Waals surface area contributed by atoms with Gasteiger partial charge in [-0.1, -0.05) is 24.3 Å². The van der Waals surface area contributed by atoms with Crippen molar-refractivity contribution in [3.63, 3.8) is 0 Å². The molecule has 0 radical (unpaired) electrons. The van der Waals surface area contributed by atoms with Crippen molar-refractivity contribution in [3.8, 4) is 17.2 Å². The van der Waals surface area contributed by atoms with Crippen LogP contribution in [0.5, 0.6) is 17.2 Å². The molecule has 1 saturated heterocycles. The average Bonchev–Trinajstić information content (AvgIpc) is 3.40. The summed E-state index contributed by atoms with van der Waals surface area (Å²) in [5, 5.41) is 46.5. The highest BCUT2D eigenvalue weighted by Crippen LogP contribution is 2.52. The molecule has 2 aliphatic carbocycles. The molecule has 6 N–H and O–H groups in total. The molecule has 0 spiro atoms. The molecular weight excluding hydrogens is 696 g/mol. The van der Waals surface area contributed by atoms with Crippen molar-refractivity contribution in [3.05, 3.63) is 87.0 Å². The Kier molecular flexibility index (Phi) is 8.90. The molecule has 1 fully saturated rings. The summed E-state index contributed by atoms with van der Waals surface area (Å²) in [4.78, 5) is 80.8. The van der Waals surface area contributed by atoms with Crippen LogP contribution in [0.1, 0.15) is 89.6 Å². The monoisotopic (exact) mass is 730 g/mol. The lowest BCUT2D eigenvalue weighted by atomic mass is 9.72. The zero-order valence-electron chi connectivity index (χ0n) is 28.4. The topological polar surface area (TPSA) is 250 Å². The van der Waals surface area contributed by atoms with Crippen molar-refractivity contribution < 1.29 is 68.1 Å². The smallest absolute Gasteiger partial charge is 0.320 e. The molecule has 0 aromatic heterocycles. The Balaban J connectivity index is 1.31. The zero-order valence-corrected chi connectivity index (χ0v) is 28.4. The Morgan fingerprint density at radius 2 is 1.58 bits per heavy atom. The molecule has 0 unspecified atom stereocenters. The number of aromatic hydroxyl groups is 2. The van der Waals surface area contributed by atoms with Crippen LogP contribution in [-0.4, -0.2) is 111 Å². The summed E-state index contributed by atoms with van der Waals surface area (Å²) in [7, 11) is 1.29. The first kappa shape index (κ1) is 35.9. The minimum absolute atomic E-state index is 0.0326. The predicted molar refractivity (Wildman–Crippen MR) is 177 cm³/mol. The van der Waals surface area contributed by atoms with Gasteiger partial charge in [0, 0.05) is 36.0 Å². The normalized spacial score (nSPS) is 26.1. The number of methoxy groups -OCH3 is 1. The summed E-state index contributed by atoms with van der Waals surface area (Å²) in [5.74, 6) is -6.54. The zero-order chi connectivity index (χ0) is 38.1. The number of hydrogen-bond donors (Lipinski definition) is 5. The van der Waals surface area contributed by atoms with Crippen molar-refractivity contribution in [2.24, 2.45) is 5.73 Å². The molecule has 2 aliphatic heterocycles. The fourth-order valence-corrected chi connectivity index (χ4v) is 7.65. The molecule has 4 aliphatic rings. The van der Waals surface area contributed by atoms with Crippen LogP contribution < -0.4 is 10.5 Å². The van der Waals surface area contributed by atoms with E-state index in [9.17, 15) is 49.2 Å². The Morgan fingerprint density at radius 3 is 2.23 bits per heavy atom. The van der Waals surface area contributed by atoms with Gasteiger partial charge in [0.1, 0.15) is 29.0 Å². The maximum atomic E-state index is 14.0. The van der Waals surface area contributed by atoms with Gasteiger partial charge in [-0.05, 0) is 25.1 Å². The van der Waals surface area contributed by atoms with Gasteiger partial charge in [-0.3, -0.25) is 33.7 Å². The van der Waals surface area contributed by atoms with E-state index in [2.05, 4.69) is 0 Å². The second-order valence-electron chi connectivity index (χ2n) is 13.3. The van der Waals surface area contributed by atoms with Gasteiger partial charge >= 0.3 is 5.97 Å². The summed E-state index contributed by atoms with van der Waals surface area (Å²) in [6.45, 7) is -0.0107. The second-order valence-corrected chi connectivity index (χ2v) is 13.3. The molecular formula is C37H34N2O14. The van der Waals surface area contributed by atoms with Crippen LogP contribution in [0.2, 0.25) is 0 Å². The highest BCUT2D eigenvalue weighted by atomic mass is 16.7. The van der Waals surface area contributed by atoms with Crippen LogP contribution in [0.3, 0.4) is 0 Å². The molecule has 2 heterocycles. The number of aliphatic hydroxyl groups is 2. The van der Waals surface area contributed by atoms with Gasteiger partial charge in [0.2, 0.25) is 11.6 Å². The number of carbonyl (C=O) groups excluding carboxylic acids is 6. The van der Waals surface area contributed by atoms with Crippen molar-refractivity contribution in [1.29, 1.82) is 0 Å². The number of benzene rings is 3. The Morgan fingerprint density at radius 1 is 0.943 bits per heavy atom. The van der Waals surface area contributed by atoms with Gasteiger partial charge in [-0.15, -0.1) is 0 Å². The number of esters is 1. The van der Waals surface area contributed by atoms with E-state index in [1.54, 1.807) is 12.1 Å². The maximum Gasteiger partial charge on any atom is 0.320 e. The number of nitrogens with two attached hydrogens (primary N) is 1. The number of imide groups is 1. The summed E-state index contributed by atoms with van der Waals surface area (Å²) in [6, 6.07) is 9.22. The standard InChI is InChI=1S/C37H34N2O14/c1-15-30(42)20(39-35(47)16-6-3-4-7-17(16)36(39)48)10-25(52-15)53-22-12-37(49,23(40)14-51-24(41)13-38)11-19-27(22)34(46)29-28(32(19)44)31(43)18-8-5-9-21(50-2)26(18)33(29)45/h3-9,15,20,22,25,30,42,44,46,49H,10-14,38H2,1-2H3/t15-,20-,22-,25-,30+,37-/m0/s1. The maximum absolute atomic E-state index is 14.0.